The molecule has 1 heterocycles. The molecule has 0 saturated heterocycles. The van der Waals surface area contributed by atoms with Crippen LogP contribution in [0.4, 0.5) is 17.6 Å². The lowest BCUT2D eigenvalue weighted by atomic mass is 10.4. The maximum Gasteiger partial charge on any atom is 0.573 e. The zero-order chi connectivity index (χ0) is 9.19. The van der Waals surface area contributed by atoms with Crippen molar-refractivity contribution in [2.24, 2.45) is 0 Å². The summed E-state index contributed by atoms with van der Waals surface area (Å²) < 4.78 is 50.1. The molecule has 0 aliphatic carbocycles. The van der Waals surface area contributed by atoms with E-state index in [0.717, 1.165) is 12.3 Å². The van der Waals surface area contributed by atoms with E-state index in [2.05, 4.69) is 9.72 Å². The average molecular weight is 181 g/mol. The van der Waals surface area contributed by atoms with Crippen molar-refractivity contribution in [2.45, 2.75) is 6.36 Å². The summed E-state index contributed by atoms with van der Waals surface area (Å²) in [6.07, 6.45) is -3.91. The first-order valence-corrected chi connectivity index (χ1v) is 2.85. The van der Waals surface area contributed by atoms with Crippen LogP contribution in [-0.4, -0.2) is 11.3 Å². The van der Waals surface area contributed by atoms with Gasteiger partial charge in [0.05, 0.1) is 0 Å². The molecule has 0 aromatic carbocycles. The second kappa shape index (κ2) is 2.96. The zero-order valence-corrected chi connectivity index (χ0v) is 5.60. The van der Waals surface area contributed by atoms with Gasteiger partial charge in [-0.2, -0.15) is 4.39 Å². The highest BCUT2D eigenvalue weighted by Gasteiger charge is 2.31. The van der Waals surface area contributed by atoms with Crippen LogP contribution in [0.5, 0.6) is 5.75 Å². The van der Waals surface area contributed by atoms with Crippen LogP contribution in [0.1, 0.15) is 0 Å². The van der Waals surface area contributed by atoms with E-state index < -0.39 is 18.1 Å². The third-order valence-electron chi connectivity index (χ3n) is 0.932. The van der Waals surface area contributed by atoms with Crippen LogP contribution in [0.15, 0.2) is 18.3 Å². The number of alkyl halides is 3. The molecule has 0 aliphatic rings. The molecule has 0 radical (unpaired) electrons. The average Bonchev–Trinajstić information content (AvgIpc) is 1.82. The van der Waals surface area contributed by atoms with Crippen molar-refractivity contribution in [3.63, 3.8) is 0 Å². The molecule has 12 heavy (non-hydrogen) atoms. The van der Waals surface area contributed by atoms with E-state index in [1.807, 2.05) is 0 Å². The molecule has 0 amide bonds. The Kier molecular flexibility index (Phi) is 2.16. The monoisotopic (exact) mass is 181 g/mol. The number of rotatable bonds is 1. The molecular formula is C6H3F4NO. The van der Waals surface area contributed by atoms with Gasteiger partial charge < -0.3 is 4.74 Å². The lowest BCUT2D eigenvalue weighted by Gasteiger charge is -2.07. The van der Waals surface area contributed by atoms with E-state index >= 15 is 0 Å². The van der Waals surface area contributed by atoms with Crippen molar-refractivity contribution < 1.29 is 22.3 Å². The highest BCUT2D eigenvalue weighted by molar-refractivity contribution is 5.17. The fourth-order valence-electron chi connectivity index (χ4n) is 0.582. The van der Waals surface area contributed by atoms with Crippen LogP contribution >= 0.6 is 0 Å². The topological polar surface area (TPSA) is 22.1 Å². The van der Waals surface area contributed by atoms with Crippen molar-refractivity contribution in [1.82, 2.24) is 4.98 Å². The Morgan fingerprint density at radius 1 is 1.33 bits per heavy atom. The summed E-state index contributed by atoms with van der Waals surface area (Å²) in [4.78, 5) is 3.06. The summed E-state index contributed by atoms with van der Waals surface area (Å²) in [5.41, 5.74) is 0. The highest BCUT2D eigenvalue weighted by atomic mass is 19.4. The highest BCUT2D eigenvalue weighted by Crippen LogP contribution is 2.21. The second-order valence-electron chi connectivity index (χ2n) is 1.86. The molecule has 0 spiro atoms. The molecular weight excluding hydrogens is 178 g/mol. The van der Waals surface area contributed by atoms with Gasteiger partial charge in [-0.25, -0.2) is 4.98 Å². The normalized spacial score (nSPS) is 11.3. The Morgan fingerprint density at radius 2 is 2.00 bits per heavy atom. The van der Waals surface area contributed by atoms with Crippen LogP contribution in [0, 0.1) is 5.95 Å². The molecule has 66 valence electrons. The van der Waals surface area contributed by atoms with E-state index in [9.17, 15) is 17.6 Å². The standard InChI is InChI=1S/C6H3F4NO/c7-5-3-4(1-2-11-5)12-6(8,9)10/h1-3H. The Morgan fingerprint density at radius 3 is 2.50 bits per heavy atom. The summed E-state index contributed by atoms with van der Waals surface area (Å²) >= 11 is 0. The molecule has 1 aromatic heterocycles. The summed E-state index contributed by atoms with van der Waals surface area (Å²) in [5, 5.41) is 0. The zero-order valence-electron chi connectivity index (χ0n) is 5.60. The summed E-state index contributed by atoms with van der Waals surface area (Å²) in [5.74, 6) is -1.63. The number of aromatic nitrogens is 1. The first kappa shape index (κ1) is 8.76. The number of ether oxygens (including phenoxy) is 1. The summed E-state index contributed by atoms with van der Waals surface area (Å²) in [6.45, 7) is 0. The van der Waals surface area contributed by atoms with Crippen molar-refractivity contribution in [3.05, 3.63) is 24.3 Å². The van der Waals surface area contributed by atoms with Gasteiger partial charge in [-0.1, -0.05) is 0 Å². The van der Waals surface area contributed by atoms with Crippen molar-refractivity contribution in [1.29, 1.82) is 0 Å². The van der Waals surface area contributed by atoms with Crippen LogP contribution in [-0.2, 0) is 0 Å². The van der Waals surface area contributed by atoms with Crippen LogP contribution < -0.4 is 4.74 Å². The molecule has 6 heteroatoms. The summed E-state index contributed by atoms with van der Waals surface area (Å²) in [7, 11) is 0. The Hall–Kier alpha value is -1.33. The fraction of sp³-hybridized carbons (Fsp3) is 0.167. The number of nitrogens with zero attached hydrogens (tertiary/aromatic N) is 1. The molecule has 0 N–H and O–H groups in total. The van der Waals surface area contributed by atoms with Gasteiger partial charge in [-0.05, 0) is 6.07 Å². The number of hydrogen-bond acceptors (Lipinski definition) is 2. The van der Waals surface area contributed by atoms with Gasteiger partial charge in [0.2, 0.25) is 5.95 Å². The molecule has 0 saturated carbocycles. The molecule has 1 rings (SSSR count). The predicted molar refractivity (Wildman–Crippen MR) is 30.9 cm³/mol. The van der Waals surface area contributed by atoms with Crippen LogP contribution in [0.3, 0.4) is 0 Å². The van der Waals surface area contributed by atoms with E-state index in [1.54, 1.807) is 0 Å². The van der Waals surface area contributed by atoms with Crippen molar-refractivity contribution in [3.8, 4) is 5.75 Å². The molecule has 2 nitrogen and oxygen atoms in total. The maximum atomic E-state index is 12.2. The quantitative estimate of drug-likeness (QED) is 0.489. The van der Waals surface area contributed by atoms with Crippen molar-refractivity contribution in [2.75, 3.05) is 0 Å². The molecule has 0 atom stereocenters. The SMILES string of the molecule is Fc1cc(OC(F)(F)F)ccn1. The molecule has 0 aliphatic heterocycles. The van der Waals surface area contributed by atoms with Gasteiger partial charge in [-0.3, -0.25) is 0 Å². The lowest BCUT2D eigenvalue weighted by Crippen LogP contribution is -2.17. The minimum absolute atomic E-state index is 0.549. The van der Waals surface area contributed by atoms with E-state index in [4.69, 9.17) is 0 Å². The fourth-order valence-corrected chi connectivity index (χ4v) is 0.582. The van der Waals surface area contributed by atoms with E-state index in [-0.39, 0.29) is 0 Å². The minimum Gasteiger partial charge on any atom is -0.406 e. The minimum atomic E-state index is -4.80. The Bertz CT molecular complexity index is 272. The predicted octanol–water partition coefficient (Wildman–Crippen LogP) is 2.12. The van der Waals surface area contributed by atoms with Gasteiger partial charge >= 0.3 is 6.36 Å². The Balaban J connectivity index is 2.77. The maximum absolute atomic E-state index is 12.2. The van der Waals surface area contributed by atoms with Crippen LogP contribution in [0.2, 0.25) is 0 Å². The van der Waals surface area contributed by atoms with E-state index in [1.165, 1.54) is 0 Å². The van der Waals surface area contributed by atoms with Crippen LogP contribution in [0.25, 0.3) is 0 Å². The molecule has 0 bridgehead atoms. The summed E-state index contributed by atoms with van der Waals surface area (Å²) in [6, 6.07) is 1.46. The largest absolute Gasteiger partial charge is 0.573 e. The van der Waals surface area contributed by atoms with Gasteiger partial charge in [0.25, 0.3) is 0 Å². The van der Waals surface area contributed by atoms with Gasteiger partial charge in [0.1, 0.15) is 5.75 Å². The number of halogens is 4. The lowest BCUT2D eigenvalue weighted by molar-refractivity contribution is -0.274. The second-order valence-corrected chi connectivity index (χ2v) is 1.86. The van der Waals surface area contributed by atoms with Gasteiger partial charge in [0, 0.05) is 12.3 Å². The van der Waals surface area contributed by atoms with Crippen molar-refractivity contribution >= 4 is 0 Å². The number of hydrogen-bond donors (Lipinski definition) is 0. The van der Waals surface area contributed by atoms with E-state index in [0.29, 0.717) is 6.07 Å². The first-order valence-electron chi connectivity index (χ1n) is 2.85. The smallest absolute Gasteiger partial charge is 0.406 e. The van der Waals surface area contributed by atoms with Gasteiger partial charge in [-0.15, -0.1) is 13.2 Å². The molecule has 0 fully saturated rings. The first-order chi connectivity index (χ1) is 5.47. The number of pyridine rings is 1. The third-order valence-corrected chi connectivity index (χ3v) is 0.932. The van der Waals surface area contributed by atoms with Gasteiger partial charge in [0.15, 0.2) is 0 Å². The third kappa shape index (κ3) is 2.73. The Labute approximate surface area is 64.8 Å². The molecule has 0 unspecified atom stereocenters. The molecule has 1 aromatic rings.